The van der Waals surface area contributed by atoms with Gasteiger partial charge < -0.3 is 19.9 Å². The van der Waals surface area contributed by atoms with Gasteiger partial charge in [-0.3, -0.25) is 22.9 Å². The Bertz CT molecular complexity index is 1130. The van der Waals surface area contributed by atoms with Crippen molar-refractivity contribution in [1.29, 1.82) is 0 Å². The van der Waals surface area contributed by atoms with E-state index in [1.165, 1.54) is 17.8 Å². The predicted molar refractivity (Wildman–Crippen MR) is 119 cm³/mol. The molecule has 0 radical (unpaired) electrons. The first-order valence-electron chi connectivity index (χ1n) is 11.3. The number of nitrogens with two attached hydrogens (primary N) is 1. The van der Waals surface area contributed by atoms with E-state index >= 15 is 4.39 Å². The van der Waals surface area contributed by atoms with E-state index in [0.29, 0.717) is 6.61 Å². The average molecular weight is 517 g/mol. The lowest BCUT2D eigenvalue weighted by atomic mass is 9.98. The SMILES string of the molecule is CCOc1nc(N)nc2c1ncn2C1OC2COP(=O)(OCCCC(=O)OC(C)C)OC2C1(C)F. The van der Waals surface area contributed by atoms with Gasteiger partial charge in [0.1, 0.15) is 12.2 Å². The van der Waals surface area contributed by atoms with Crippen molar-refractivity contribution in [2.45, 2.75) is 70.7 Å². The summed E-state index contributed by atoms with van der Waals surface area (Å²) in [5.74, 6) is -0.312. The van der Waals surface area contributed by atoms with E-state index in [1.54, 1.807) is 20.8 Å². The van der Waals surface area contributed by atoms with E-state index in [0.717, 1.165) is 0 Å². The highest BCUT2D eigenvalue weighted by molar-refractivity contribution is 7.48. The summed E-state index contributed by atoms with van der Waals surface area (Å²) in [5.41, 5.74) is 4.12. The lowest BCUT2D eigenvalue weighted by Gasteiger charge is -2.33. The van der Waals surface area contributed by atoms with Gasteiger partial charge in [0, 0.05) is 6.42 Å². The van der Waals surface area contributed by atoms with Crippen LogP contribution in [0.2, 0.25) is 0 Å². The highest BCUT2D eigenvalue weighted by Crippen LogP contribution is 2.59. The Kier molecular flexibility index (Phi) is 7.30. The monoisotopic (exact) mass is 517 g/mol. The third-order valence-electron chi connectivity index (χ3n) is 5.40. The van der Waals surface area contributed by atoms with Crippen molar-refractivity contribution in [3.05, 3.63) is 6.33 Å². The molecule has 4 heterocycles. The van der Waals surface area contributed by atoms with E-state index in [4.69, 9.17) is 33.5 Å². The number of imidazole rings is 1. The molecule has 4 rings (SSSR count). The quantitative estimate of drug-likeness (QED) is 0.295. The van der Waals surface area contributed by atoms with Crippen LogP contribution in [0.5, 0.6) is 5.88 Å². The molecule has 0 aliphatic carbocycles. The number of nitrogen functional groups attached to an aromatic ring is 1. The Balaban J connectivity index is 1.47. The molecule has 2 aliphatic rings. The summed E-state index contributed by atoms with van der Waals surface area (Å²) in [6.07, 6.45) is -1.97. The van der Waals surface area contributed by atoms with Gasteiger partial charge in [-0.1, -0.05) is 0 Å². The van der Waals surface area contributed by atoms with Crippen molar-refractivity contribution in [2.24, 2.45) is 0 Å². The van der Waals surface area contributed by atoms with Gasteiger partial charge in [0.15, 0.2) is 23.1 Å². The zero-order valence-corrected chi connectivity index (χ0v) is 20.8. The van der Waals surface area contributed by atoms with Crippen LogP contribution in [0.15, 0.2) is 6.33 Å². The highest BCUT2D eigenvalue weighted by Gasteiger charge is 2.61. The maximum absolute atomic E-state index is 16.1. The van der Waals surface area contributed by atoms with E-state index in [1.807, 2.05) is 0 Å². The Hall–Kier alpha value is -2.38. The molecule has 13 nitrogen and oxygen atoms in total. The van der Waals surface area contributed by atoms with Crippen molar-refractivity contribution in [3.63, 3.8) is 0 Å². The molecule has 2 aromatic rings. The minimum Gasteiger partial charge on any atom is -0.476 e. The third-order valence-corrected chi connectivity index (χ3v) is 6.85. The Morgan fingerprint density at radius 3 is 2.91 bits per heavy atom. The van der Waals surface area contributed by atoms with Crippen LogP contribution in [0.25, 0.3) is 11.2 Å². The van der Waals surface area contributed by atoms with E-state index in [2.05, 4.69) is 15.0 Å². The summed E-state index contributed by atoms with van der Waals surface area (Å²) < 4.78 is 62.9. The van der Waals surface area contributed by atoms with E-state index < -0.39 is 37.9 Å². The van der Waals surface area contributed by atoms with Crippen LogP contribution in [0, 0.1) is 0 Å². The number of hydrogen-bond acceptors (Lipinski definition) is 12. The molecule has 15 heteroatoms. The van der Waals surface area contributed by atoms with Crippen molar-refractivity contribution >= 4 is 30.9 Å². The molecule has 194 valence electrons. The minimum absolute atomic E-state index is 0.0681. The van der Waals surface area contributed by atoms with Gasteiger partial charge >= 0.3 is 13.8 Å². The van der Waals surface area contributed by atoms with E-state index in [9.17, 15) is 9.36 Å². The second kappa shape index (κ2) is 9.94. The number of ether oxygens (including phenoxy) is 3. The van der Waals surface area contributed by atoms with Crippen LogP contribution in [-0.2, 0) is 32.4 Å². The fraction of sp³-hybridized carbons (Fsp3) is 0.700. The maximum Gasteiger partial charge on any atom is 0.475 e. The fourth-order valence-electron chi connectivity index (χ4n) is 3.94. The molecule has 2 N–H and O–H groups in total. The molecule has 35 heavy (non-hydrogen) atoms. The molecule has 2 aliphatic heterocycles. The number of hydrogen-bond donors (Lipinski definition) is 1. The molecular formula is C20H29FN5O8P. The summed E-state index contributed by atoms with van der Waals surface area (Å²) in [6.45, 7) is 6.52. The Morgan fingerprint density at radius 2 is 2.20 bits per heavy atom. The maximum atomic E-state index is 16.1. The fourth-order valence-corrected chi connectivity index (χ4v) is 5.44. The molecule has 0 aromatic carbocycles. The second-order valence-corrected chi connectivity index (χ2v) is 10.2. The molecular weight excluding hydrogens is 488 g/mol. The molecule has 5 atom stereocenters. The summed E-state index contributed by atoms with van der Waals surface area (Å²) in [5, 5.41) is 0. The number of aromatic nitrogens is 4. The zero-order valence-electron chi connectivity index (χ0n) is 19.9. The van der Waals surface area contributed by atoms with Gasteiger partial charge in [-0.15, -0.1) is 0 Å². The molecule has 0 saturated carbocycles. The number of nitrogens with zero attached hydrogens (tertiary/aromatic N) is 4. The van der Waals surface area contributed by atoms with Crippen LogP contribution >= 0.6 is 7.82 Å². The minimum atomic E-state index is -4.09. The summed E-state index contributed by atoms with van der Waals surface area (Å²) in [4.78, 5) is 24.1. The van der Waals surface area contributed by atoms with Crippen molar-refractivity contribution in [1.82, 2.24) is 19.5 Å². The van der Waals surface area contributed by atoms with E-state index in [-0.39, 0.29) is 55.2 Å². The number of phosphoric ester groups is 1. The second-order valence-electron chi connectivity index (χ2n) is 8.57. The van der Waals surface area contributed by atoms with Crippen molar-refractivity contribution in [3.8, 4) is 5.88 Å². The highest BCUT2D eigenvalue weighted by atomic mass is 31.2. The number of fused-ring (bicyclic) bond motifs is 2. The number of carbonyl (C=O) groups excluding carboxylic acids is 1. The standard InChI is InChI=1S/C20H29FN5O8P/c1-5-29-17-14-16(24-19(22)25-17)26(10-23-14)18-20(4,21)15-12(33-18)9-31-35(28,34-15)30-8-6-7-13(27)32-11(2)3/h10-12,15,18H,5-9H2,1-4H3,(H2,22,24,25). The average Bonchev–Trinajstić information content (AvgIpc) is 3.29. The molecule has 0 bridgehead atoms. The number of phosphoric acid groups is 1. The van der Waals surface area contributed by atoms with Crippen molar-refractivity contribution < 1.29 is 41.5 Å². The Morgan fingerprint density at radius 1 is 1.43 bits per heavy atom. The molecule has 2 aromatic heterocycles. The number of rotatable bonds is 9. The number of alkyl halides is 1. The largest absolute Gasteiger partial charge is 0.476 e. The zero-order chi connectivity index (χ0) is 25.4. The summed E-state index contributed by atoms with van der Waals surface area (Å²) in [6, 6.07) is 0. The van der Waals surface area contributed by atoms with Crippen LogP contribution in [0.3, 0.4) is 0 Å². The number of carbonyl (C=O) groups is 1. The smallest absolute Gasteiger partial charge is 0.475 e. The van der Waals surface area contributed by atoms with Gasteiger partial charge in [0.2, 0.25) is 11.8 Å². The van der Waals surface area contributed by atoms with Crippen LogP contribution in [-0.4, -0.2) is 69.3 Å². The first kappa shape index (κ1) is 25.7. The Labute approximate surface area is 201 Å². The molecule has 2 saturated heterocycles. The molecule has 5 unspecified atom stereocenters. The van der Waals surface area contributed by atoms with Gasteiger partial charge in [-0.2, -0.15) is 9.97 Å². The summed E-state index contributed by atoms with van der Waals surface area (Å²) >= 11 is 0. The predicted octanol–water partition coefficient (Wildman–Crippen LogP) is 2.70. The number of anilines is 1. The van der Waals surface area contributed by atoms with Gasteiger partial charge in [-0.05, 0) is 34.1 Å². The number of esters is 1. The number of halogens is 1. The normalized spacial score (nSPS) is 30.5. The molecule has 0 amide bonds. The topological polar surface area (TPSA) is 159 Å². The lowest BCUT2D eigenvalue weighted by molar-refractivity contribution is -0.147. The third kappa shape index (κ3) is 5.26. The van der Waals surface area contributed by atoms with Gasteiger partial charge in [0.25, 0.3) is 0 Å². The van der Waals surface area contributed by atoms with Gasteiger partial charge in [-0.25, -0.2) is 13.9 Å². The molecule has 0 spiro atoms. The van der Waals surface area contributed by atoms with Crippen LogP contribution < -0.4 is 10.5 Å². The van der Waals surface area contributed by atoms with Crippen molar-refractivity contribution in [2.75, 3.05) is 25.6 Å². The summed E-state index contributed by atoms with van der Waals surface area (Å²) in [7, 11) is -4.09. The molecule has 2 fully saturated rings. The van der Waals surface area contributed by atoms with Crippen LogP contribution in [0.4, 0.5) is 10.3 Å². The van der Waals surface area contributed by atoms with Gasteiger partial charge in [0.05, 0.1) is 32.3 Å². The first-order chi connectivity index (χ1) is 16.5. The first-order valence-corrected chi connectivity index (χ1v) is 12.7. The van der Waals surface area contributed by atoms with Crippen LogP contribution in [0.1, 0.15) is 46.8 Å². The lowest BCUT2D eigenvalue weighted by Crippen LogP contribution is -2.44.